The number of morpholine rings is 1. The third-order valence-electron chi connectivity index (χ3n) is 4.75. The van der Waals surface area contributed by atoms with Crippen molar-refractivity contribution in [2.75, 3.05) is 36.5 Å². The number of carbonyl (C=O) groups is 1. The first kappa shape index (κ1) is 20.4. The number of carbonyl (C=O) groups excluding carboxylic acids is 1. The number of aromatic nitrogens is 2. The first-order valence-electron chi connectivity index (χ1n) is 9.73. The Hall–Kier alpha value is -2.31. The first-order valence-corrected chi connectivity index (χ1v) is 10.1. The Balaban J connectivity index is 1.60. The summed E-state index contributed by atoms with van der Waals surface area (Å²) in [6.07, 6.45) is 5.32. The van der Waals surface area contributed by atoms with Crippen molar-refractivity contribution in [3.05, 3.63) is 46.8 Å². The fraction of sp³-hybridized carbons (Fsp3) is 0.429. The molecule has 1 aromatic carbocycles. The normalized spacial score (nSPS) is 14.6. The molecule has 1 aromatic heterocycles. The van der Waals surface area contributed by atoms with E-state index in [1.54, 1.807) is 10.8 Å². The number of rotatable bonds is 7. The van der Waals surface area contributed by atoms with Crippen LogP contribution < -0.4 is 10.2 Å². The van der Waals surface area contributed by atoms with Crippen molar-refractivity contribution in [3.8, 4) is 0 Å². The molecule has 2 aromatic rings. The van der Waals surface area contributed by atoms with Gasteiger partial charge in [-0.05, 0) is 43.7 Å². The number of hydrogen-bond acceptors (Lipinski definition) is 4. The van der Waals surface area contributed by atoms with E-state index in [2.05, 4.69) is 22.2 Å². The Morgan fingerprint density at radius 2 is 2.00 bits per heavy atom. The molecule has 0 spiro atoms. The molecule has 1 N–H and O–H groups in total. The Morgan fingerprint density at radius 1 is 1.29 bits per heavy atom. The van der Waals surface area contributed by atoms with Crippen LogP contribution in [0.3, 0.4) is 0 Å². The summed E-state index contributed by atoms with van der Waals surface area (Å²) in [5, 5.41) is 7.91. The van der Waals surface area contributed by atoms with E-state index in [0.29, 0.717) is 5.15 Å². The summed E-state index contributed by atoms with van der Waals surface area (Å²) in [4.78, 5) is 14.6. The van der Waals surface area contributed by atoms with Gasteiger partial charge in [0.05, 0.1) is 18.9 Å². The van der Waals surface area contributed by atoms with Gasteiger partial charge in [-0.3, -0.25) is 9.48 Å². The molecule has 0 aliphatic carbocycles. The number of unbranched alkanes of at least 4 members (excludes halogenated alkanes) is 1. The predicted octanol–water partition coefficient (Wildman–Crippen LogP) is 4.13. The highest BCUT2D eigenvalue weighted by molar-refractivity contribution is 6.31. The molecule has 0 bridgehead atoms. The van der Waals surface area contributed by atoms with Gasteiger partial charge in [0.15, 0.2) is 0 Å². The van der Waals surface area contributed by atoms with E-state index in [1.807, 2.05) is 31.2 Å². The molecule has 2 heterocycles. The molecule has 1 aliphatic rings. The number of benzene rings is 1. The quantitative estimate of drug-likeness (QED) is 0.707. The van der Waals surface area contributed by atoms with Crippen LogP contribution in [0.15, 0.2) is 30.3 Å². The SMILES string of the molecule is CCCCn1nc(C)c(/C=C/C(=O)Nc2ccc(N3CCOCC3)cc2)c1Cl. The lowest BCUT2D eigenvalue weighted by Gasteiger charge is -2.28. The maximum absolute atomic E-state index is 12.3. The molecule has 7 heteroatoms. The van der Waals surface area contributed by atoms with Crippen LogP contribution >= 0.6 is 11.6 Å². The number of aryl methyl sites for hydroxylation is 2. The summed E-state index contributed by atoms with van der Waals surface area (Å²) >= 11 is 6.40. The van der Waals surface area contributed by atoms with Crippen molar-refractivity contribution in [3.63, 3.8) is 0 Å². The fourth-order valence-corrected chi connectivity index (χ4v) is 3.45. The minimum Gasteiger partial charge on any atom is -0.378 e. The maximum Gasteiger partial charge on any atom is 0.248 e. The van der Waals surface area contributed by atoms with Crippen LogP contribution in [0.2, 0.25) is 5.15 Å². The average Bonchev–Trinajstić information content (AvgIpc) is 2.99. The van der Waals surface area contributed by atoms with Crippen molar-refractivity contribution in [1.82, 2.24) is 9.78 Å². The molecular formula is C21H27ClN4O2. The minimum absolute atomic E-state index is 0.198. The zero-order valence-corrected chi connectivity index (χ0v) is 17.2. The third kappa shape index (κ3) is 5.14. The Kier molecular flexibility index (Phi) is 7.12. The standard InChI is InChI=1S/C21H27ClN4O2/c1-3-4-11-26-21(22)19(16(2)24-26)9-10-20(27)23-17-5-7-18(8-6-17)25-12-14-28-15-13-25/h5-10H,3-4,11-15H2,1-2H3,(H,23,27)/b10-9+. The van der Waals surface area contributed by atoms with E-state index in [9.17, 15) is 4.79 Å². The van der Waals surface area contributed by atoms with Gasteiger partial charge in [0.25, 0.3) is 0 Å². The molecule has 0 saturated carbocycles. The van der Waals surface area contributed by atoms with Crippen LogP contribution in [-0.4, -0.2) is 42.0 Å². The second kappa shape index (κ2) is 9.75. The Morgan fingerprint density at radius 3 is 2.68 bits per heavy atom. The fourth-order valence-electron chi connectivity index (χ4n) is 3.13. The molecule has 0 unspecified atom stereocenters. The van der Waals surface area contributed by atoms with E-state index in [4.69, 9.17) is 16.3 Å². The Labute approximate surface area is 171 Å². The smallest absolute Gasteiger partial charge is 0.248 e. The number of hydrogen-bond donors (Lipinski definition) is 1. The number of anilines is 2. The van der Waals surface area contributed by atoms with Gasteiger partial charge in [0.2, 0.25) is 5.91 Å². The number of nitrogens with one attached hydrogen (secondary N) is 1. The monoisotopic (exact) mass is 402 g/mol. The summed E-state index contributed by atoms with van der Waals surface area (Å²) in [5.74, 6) is -0.198. The van der Waals surface area contributed by atoms with Gasteiger partial charge >= 0.3 is 0 Å². The van der Waals surface area contributed by atoms with E-state index < -0.39 is 0 Å². The van der Waals surface area contributed by atoms with E-state index in [-0.39, 0.29) is 5.91 Å². The highest BCUT2D eigenvalue weighted by Crippen LogP contribution is 2.22. The lowest BCUT2D eigenvalue weighted by atomic mass is 10.2. The largest absolute Gasteiger partial charge is 0.378 e. The number of ether oxygens (including phenoxy) is 1. The molecule has 0 radical (unpaired) electrons. The van der Waals surface area contributed by atoms with Gasteiger partial charge < -0.3 is 15.0 Å². The first-order chi connectivity index (χ1) is 13.6. The number of nitrogens with zero attached hydrogens (tertiary/aromatic N) is 3. The van der Waals surface area contributed by atoms with Crippen LogP contribution in [0, 0.1) is 6.92 Å². The van der Waals surface area contributed by atoms with Crippen LogP contribution in [0.25, 0.3) is 6.08 Å². The van der Waals surface area contributed by atoms with Gasteiger partial charge in [-0.1, -0.05) is 24.9 Å². The zero-order chi connectivity index (χ0) is 19.9. The molecule has 1 aliphatic heterocycles. The van der Waals surface area contributed by atoms with Crippen molar-refractivity contribution < 1.29 is 9.53 Å². The lowest BCUT2D eigenvalue weighted by Crippen LogP contribution is -2.36. The number of halogens is 1. The van der Waals surface area contributed by atoms with Gasteiger partial charge in [-0.15, -0.1) is 0 Å². The molecule has 1 fully saturated rings. The van der Waals surface area contributed by atoms with Gasteiger partial charge in [-0.25, -0.2) is 0 Å². The van der Waals surface area contributed by atoms with Gasteiger partial charge in [0, 0.05) is 42.6 Å². The van der Waals surface area contributed by atoms with Crippen molar-refractivity contribution in [2.45, 2.75) is 33.2 Å². The lowest BCUT2D eigenvalue weighted by molar-refractivity contribution is -0.111. The maximum atomic E-state index is 12.3. The Bertz CT molecular complexity index is 824. The molecule has 28 heavy (non-hydrogen) atoms. The van der Waals surface area contributed by atoms with E-state index in [1.165, 1.54) is 6.08 Å². The summed E-state index contributed by atoms with van der Waals surface area (Å²) < 4.78 is 7.17. The van der Waals surface area contributed by atoms with Crippen molar-refractivity contribution >= 4 is 35.0 Å². The molecule has 1 amide bonds. The number of amides is 1. The summed E-state index contributed by atoms with van der Waals surface area (Å²) in [5.41, 5.74) is 3.50. The molecule has 3 rings (SSSR count). The zero-order valence-electron chi connectivity index (χ0n) is 16.4. The molecular weight excluding hydrogens is 376 g/mol. The van der Waals surface area contributed by atoms with Crippen LogP contribution in [0.4, 0.5) is 11.4 Å². The van der Waals surface area contributed by atoms with Crippen LogP contribution in [0.5, 0.6) is 0 Å². The van der Waals surface area contributed by atoms with Crippen LogP contribution in [-0.2, 0) is 16.1 Å². The predicted molar refractivity (Wildman–Crippen MR) is 114 cm³/mol. The summed E-state index contributed by atoms with van der Waals surface area (Å²) in [6.45, 7) is 8.09. The molecule has 1 saturated heterocycles. The van der Waals surface area contributed by atoms with Gasteiger partial charge in [-0.2, -0.15) is 5.10 Å². The molecule has 6 nitrogen and oxygen atoms in total. The average molecular weight is 403 g/mol. The minimum atomic E-state index is -0.198. The van der Waals surface area contributed by atoms with Crippen molar-refractivity contribution in [2.24, 2.45) is 0 Å². The topological polar surface area (TPSA) is 59.4 Å². The van der Waals surface area contributed by atoms with E-state index in [0.717, 1.165) is 68.3 Å². The second-order valence-electron chi connectivity index (χ2n) is 6.84. The second-order valence-corrected chi connectivity index (χ2v) is 7.19. The summed E-state index contributed by atoms with van der Waals surface area (Å²) in [7, 11) is 0. The van der Waals surface area contributed by atoms with Crippen molar-refractivity contribution in [1.29, 1.82) is 0 Å². The summed E-state index contributed by atoms with van der Waals surface area (Å²) in [6, 6.07) is 7.86. The molecule has 0 atom stereocenters. The van der Waals surface area contributed by atoms with Gasteiger partial charge in [0.1, 0.15) is 5.15 Å². The third-order valence-corrected chi connectivity index (χ3v) is 5.14. The van der Waals surface area contributed by atoms with E-state index >= 15 is 0 Å². The highest BCUT2D eigenvalue weighted by Gasteiger charge is 2.12. The van der Waals surface area contributed by atoms with Crippen LogP contribution in [0.1, 0.15) is 31.0 Å². The molecule has 150 valence electrons. The highest BCUT2D eigenvalue weighted by atomic mass is 35.5.